The molecule has 2 aromatic rings. The number of aromatic nitrogens is 1. The molecule has 0 aliphatic carbocycles. The van der Waals surface area contributed by atoms with Gasteiger partial charge in [-0.05, 0) is 59.8 Å². The van der Waals surface area contributed by atoms with Crippen LogP contribution in [-0.4, -0.2) is 61.1 Å². The van der Waals surface area contributed by atoms with Crippen molar-refractivity contribution in [3.8, 4) is 0 Å². The number of nitrogens with one attached hydrogen (secondary N) is 1. The lowest BCUT2D eigenvalue weighted by molar-refractivity contribution is 0.108. The molecule has 1 atom stereocenters. The largest absolute Gasteiger partial charge is 0.308 e. The molecule has 3 heterocycles. The summed E-state index contributed by atoms with van der Waals surface area (Å²) in [6.07, 6.45) is 2.97. The Morgan fingerprint density at radius 3 is 2.59 bits per heavy atom. The van der Waals surface area contributed by atoms with Crippen LogP contribution in [0.1, 0.15) is 36.7 Å². The summed E-state index contributed by atoms with van der Waals surface area (Å²) in [7, 11) is 2.22. The van der Waals surface area contributed by atoms with Gasteiger partial charge < -0.3 is 15.1 Å². The number of pyridine rings is 1. The maximum absolute atomic E-state index is 4.71. The van der Waals surface area contributed by atoms with Crippen LogP contribution in [0.4, 0.5) is 0 Å². The van der Waals surface area contributed by atoms with Crippen LogP contribution in [0.3, 0.4) is 0 Å². The second kappa shape index (κ2) is 9.28. The third-order valence-electron chi connectivity index (χ3n) is 5.39. The topological polar surface area (TPSA) is 31.4 Å². The zero-order valence-electron chi connectivity index (χ0n) is 17.2. The summed E-state index contributed by atoms with van der Waals surface area (Å²) in [6, 6.07) is 6.82. The highest BCUT2D eigenvalue weighted by Gasteiger charge is 2.25. The van der Waals surface area contributed by atoms with Crippen molar-refractivity contribution in [3.05, 3.63) is 52.0 Å². The van der Waals surface area contributed by atoms with Crippen molar-refractivity contribution in [2.24, 2.45) is 5.41 Å². The lowest BCUT2D eigenvalue weighted by atomic mass is 9.91. The number of thiophene rings is 1. The van der Waals surface area contributed by atoms with Gasteiger partial charge in [-0.15, -0.1) is 0 Å². The third-order valence-corrected chi connectivity index (χ3v) is 6.12. The summed E-state index contributed by atoms with van der Waals surface area (Å²) in [5.74, 6) is 0. The van der Waals surface area contributed by atoms with Crippen LogP contribution in [0.2, 0.25) is 0 Å². The Labute approximate surface area is 168 Å². The van der Waals surface area contributed by atoms with E-state index in [0.717, 1.165) is 25.2 Å². The number of aryl methyl sites for hydroxylation is 1. The van der Waals surface area contributed by atoms with Crippen LogP contribution in [0.5, 0.6) is 0 Å². The highest BCUT2D eigenvalue weighted by Crippen LogP contribution is 2.22. The van der Waals surface area contributed by atoms with Gasteiger partial charge in [0.15, 0.2) is 0 Å². The lowest BCUT2D eigenvalue weighted by Gasteiger charge is -2.38. The Morgan fingerprint density at radius 1 is 1.19 bits per heavy atom. The average molecular weight is 387 g/mol. The minimum absolute atomic E-state index is 0.230. The van der Waals surface area contributed by atoms with E-state index in [-0.39, 0.29) is 11.5 Å². The number of likely N-dealkylation sites (N-methyl/N-ethyl adjacent to an activating group) is 1. The van der Waals surface area contributed by atoms with E-state index in [1.54, 1.807) is 11.3 Å². The molecule has 1 saturated heterocycles. The number of rotatable bonds is 8. The van der Waals surface area contributed by atoms with Gasteiger partial charge in [0.25, 0.3) is 0 Å². The lowest BCUT2D eigenvalue weighted by Crippen LogP contribution is -2.49. The van der Waals surface area contributed by atoms with E-state index < -0.39 is 0 Å². The maximum atomic E-state index is 4.71. The van der Waals surface area contributed by atoms with E-state index in [2.05, 4.69) is 71.9 Å². The van der Waals surface area contributed by atoms with Crippen LogP contribution < -0.4 is 5.32 Å². The summed E-state index contributed by atoms with van der Waals surface area (Å²) in [6.45, 7) is 13.7. The summed E-state index contributed by atoms with van der Waals surface area (Å²) in [5, 5.41) is 8.24. The monoisotopic (exact) mass is 386 g/mol. The molecule has 0 aromatic carbocycles. The molecule has 0 bridgehead atoms. The smallest absolute Gasteiger partial charge is 0.0576 e. The zero-order valence-corrected chi connectivity index (χ0v) is 18.1. The second-order valence-electron chi connectivity index (χ2n) is 8.77. The first-order valence-corrected chi connectivity index (χ1v) is 10.9. The highest BCUT2D eigenvalue weighted by molar-refractivity contribution is 7.07. The summed E-state index contributed by atoms with van der Waals surface area (Å²) < 4.78 is 0. The first kappa shape index (κ1) is 20.5. The van der Waals surface area contributed by atoms with Crippen LogP contribution in [0.25, 0.3) is 0 Å². The van der Waals surface area contributed by atoms with Gasteiger partial charge in [-0.1, -0.05) is 19.9 Å². The van der Waals surface area contributed by atoms with Crippen LogP contribution in [-0.2, 0) is 6.42 Å². The number of hydrogen-bond acceptors (Lipinski definition) is 5. The van der Waals surface area contributed by atoms with Crippen LogP contribution >= 0.6 is 11.3 Å². The van der Waals surface area contributed by atoms with Crippen molar-refractivity contribution in [1.29, 1.82) is 0 Å². The number of piperazine rings is 1. The molecule has 1 aliphatic rings. The van der Waals surface area contributed by atoms with E-state index in [9.17, 15) is 0 Å². The standard InChI is InChI=1S/C22H34N4S/c1-18-5-6-20(23-14-18)21(13-19-7-12-27-15-19)24-16-22(2,3)17-26-10-8-25(4)9-11-26/h5-7,12,14-15,21,24H,8-11,13,16-17H2,1-4H3. The summed E-state index contributed by atoms with van der Waals surface area (Å²) in [5.41, 5.74) is 3.97. The SMILES string of the molecule is Cc1ccc(C(Cc2ccsc2)NCC(C)(C)CN2CCN(C)CC2)nc1. The molecule has 2 aromatic heterocycles. The maximum Gasteiger partial charge on any atom is 0.0576 e. The average Bonchev–Trinajstić information content (AvgIpc) is 3.14. The predicted molar refractivity (Wildman–Crippen MR) is 115 cm³/mol. The normalized spacial score (nSPS) is 17.9. The van der Waals surface area contributed by atoms with Gasteiger partial charge in [-0.3, -0.25) is 4.98 Å². The predicted octanol–water partition coefficient (Wildman–Crippen LogP) is 3.60. The Kier molecular flexibility index (Phi) is 7.04. The zero-order chi connectivity index (χ0) is 19.3. The van der Waals surface area contributed by atoms with E-state index in [0.29, 0.717) is 0 Å². The van der Waals surface area contributed by atoms with Crippen molar-refractivity contribution in [3.63, 3.8) is 0 Å². The molecule has 1 fully saturated rings. The van der Waals surface area contributed by atoms with Crippen molar-refractivity contribution in [1.82, 2.24) is 20.1 Å². The van der Waals surface area contributed by atoms with E-state index in [4.69, 9.17) is 4.98 Å². The molecule has 0 amide bonds. The molecule has 5 heteroatoms. The molecule has 0 spiro atoms. The molecule has 0 saturated carbocycles. The van der Waals surface area contributed by atoms with E-state index >= 15 is 0 Å². The highest BCUT2D eigenvalue weighted by atomic mass is 32.1. The summed E-state index contributed by atoms with van der Waals surface area (Å²) in [4.78, 5) is 9.74. The molecule has 27 heavy (non-hydrogen) atoms. The molecular weight excluding hydrogens is 352 g/mol. The Morgan fingerprint density at radius 2 is 1.96 bits per heavy atom. The third kappa shape index (κ3) is 6.39. The molecule has 1 aliphatic heterocycles. The Hall–Kier alpha value is -1.27. The van der Waals surface area contributed by atoms with Crippen molar-refractivity contribution < 1.29 is 0 Å². The Bertz CT molecular complexity index is 673. The molecule has 0 radical (unpaired) electrons. The first-order valence-electron chi connectivity index (χ1n) is 9.99. The molecule has 148 valence electrons. The van der Waals surface area contributed by atoms with Gasteiger partial charge >= 0.3 is 0 Å². The van der Waals surface area contributed by atoms with Gasteiger partial charge in [0.1, 0.15) is 0 Å². The second-order valence-corrected chi connectivity index (χ2v) is 9.55. The van der Waals surface area contributed by atoms with Crippen molar-refractivity contribution in [2.45, 2.75) is 33.2 Å². The van der Waals surface area contributed by atoms with Gasteiger partial charge in [-0.2, -0.15) is 11.3 Å². The summed E-state index contributed by atoms with van der Waals surface area (Å²) >= 11 is 1.77. The first-order chi connectivity index (χ1) is 12.9. The molecule has 3 rings (SSSR count). The molecule has 4 nitrogen and oxygen atoms in total. The number of hydrogen-bond donors (Lipinski definition) is 1. The number of nitrogens with zero attached hydrogens (tertiary/aromatic N) is 3. The van der Waals surface area contributed by atoms with Gasteiger partial charge in [0, 0.05) is 45.5 Å². The Balaban J connectivity index is 1.61. The molecule has 1 N–H and O–H groups in total. The molecular formula is C22H34N4S. The minimum atomic E-state index is 0.230. The van der Waals surface area contributed by atoms with Crippen molar-refractivity contribution >= 4 is 11.3 Å². The van der Waals surface area contributed by atoms with Gasteiger partial charge in [0.2, 0.25) is 0 Å². The minimum Gasteiger partial charge on any atom is -0.308 e. The fourth-order valence-electron chi connectivity index (χ4n) is 3.68. The van der Waals surface area contributed by atoms with Crippen LogP contribution in [0, 0.1) is 12.3 Å². The fourth-order valence-corrected chi connectivity index (χ4v) is 4.36. The van der Waals surface area contributed by atoms with Gasteiger partial charge in [-0.25, -0.2) is 0 Å². The van der Waals surface area contributed by atoms with Crippen molar-refractivity contribution in [2.75, 3.05) is 46.3 Å². The van der Waals surface area contributed by atoms with E-state index in [1.165, 1.54) is 37.3 Å². The fraction of sp³-hybridized carbons (Fsp3) is 0.591. The van der Waals surface area contributed by atoms with Crippen LogP contribution in [0.15, 0.2) is 35.2 Å². The van der Waals surface area contributed by atoms with E-state index in [1.807, 2.05) is 6.20 Å². The molecule has 1 unspecified atom stereocenters. The quantitative estimate of drug-likeness (QED) is 0.751. The van der Waals surface area contributed by atoms with Gasteiger partial charge in [0.05, 0.1) is 11.7 Å².